The van der Waals surface area contributed by atoms with E-state index in [2.05, 4.69) is 0 Å². The van der Waals surface area contributed by atoms with Crippen molar-refractivity contribution < 1.29 is 26.3 Å². The summed E-state index contributed by atoms with van der Waals surface area (Å²) in [5, 5.41) is 0. The zero-order chi connectivity index (χ0) is 11.6. The molecule has 0 aromatic carbocycles. The second-order valence-electron chi connectivity index (χ2n) is 2.99. The Kier molecular flexibility index (Phi) is 5.00. The quantitative estimate of drug-likeness (QED) is 0.409. The standard InChI is InChI=1S/C7H9F6I/c1-4(14)2-3-5(6(8,9)10)7(11,12)13/h4-5H,2-3H2,1H3. The van der Waals surface area contributed by atoms with Crippen molar-refractivity contribution in [3.63, 3.8) is 0 Å². The topological polar surface area (TPSA) is 0 Å². The predicted molar refractivity (Wildman–Crippen MR) is 48.3 cm³/mol. The van der Waals surface area contributed by atoms with E-state index >= 15 is 0 Å². The smallest absolute Gasteiger partial charge is 0.170 e. The summed E-state index contributed by atoms with van der Waals surface area (Å²) in [5.41, 5.74) is 0. The Balaban J connectivity index is 4.44. The molecule has 1 unspecified atom stereocenters. The van der Waals surface area contributed by atoms with Gasteiger partial charge in [0.05, 0.1) is 0 Å². The van der Waals surface area contributed by atoms with Crippen molar-refractivity contribution >= 4 is 22.6 Å². The van der Waals surface area contributed by atoms with Gasteiger partial charge in [-0.2, -0.15) is 26.3 Å². The molecule has 0 saturated heterocycles. The Morgan fingerprint density at radius 2 is 1.29 bits per heavy atom. The van der Waals surface area contributed by atoms with Gasteiger partial charge >= 0.3 is 12.4 Å². The van der Waals surface area contributed by atoms with Crippen molar-refractivity contribution in [1.29, 1.82) is 0 Å². The van der Waals surface area contributed by atoms with Gasteiger partial charge < -0.3 is 0 Å². The largest absolute Gasteiger partial charge is 0.400 e. The Hall–Kier alpha value is 0.310. The molecule has 86 valence electrons. The van der Waals surface area contributed by atoms with E-state index in [4.69, 9.17) is 0 Å². The lowest BCUT2D eigenvalue weighted by Crippen LogP contribution is -2.36. The fraction of sp³-hybridized carbons (Fsp3) is 1.00. The van der Waals surface area contributed by atoms with E-state index in [9.17, 15) is 26.3 Å². The molecule has 0 heterocycles. The molecule has 0 amide bonds. The zero-order valence-electron chi connectivity index (χ0n) is 7.21. The van der Waals surface area contributed by atoms with Gasteiger partial charge in [0.2, 0.25) is 0 Å². The molecular weight excluding hydrogens is 325 g/mol. The molecule has 0 aliphatic rings. The highest BCUT2D eigenvalue weighted by molar-refractivity contribution is 14.1. The first kappa shape index (κ1) is 14.3. The molecule has 0 rings (SSSR count). The van der Waals surface area contributed by atoms with Crippen LogP contribution >= 0.6 is 22.6 Å². The molecule has 0 aromatic heterocycles. The van der Waals surface area contributed by atoms with Gasteiger partial charge in [0.1, 0.15) is 0 Å². The highest BCUT2D eigenvalue weighted by atomic mass is 127. The molecular formula is C7H9F6I. The van der Waals surface area contributed by atoms with Gasteiger partial charge in [0, 0.05) is 3.92 Å². The molecule has 0 N–H and O–H groups in total. The number of alkyl halides is 7. The lowest BCUT2D eigenvalue weighted by molar-refractivity contribution is -0.285. The van der Waals surface area contributed by atoms with Crippen LogP contribution in [-0.4, -0.2) is 16.3 Å². The van der Waals surface area contributed by atoms with Gasteiger partial charge in [-0.15, -0.1) is 0 Å². The third kappa shape index (κ3) is 5.26. The minimum Gasteiger partial charge on any atom is -0.170 e. The van der Waals surface area contributed by atoms with E-state index in [0.717, 1.165) is 0 Å². The SMILES string of the molecule is CC(I)CCC(C(F)(F)F)C(F)(F)F. The zero-order valence-corrected chi connectivity index (χ0v) is 9.37. The van der Waals surface area contributed by atoms with Crippen LogP contribution in [0.25, 0.3) is 0 Å². The molecule has 0 fully saturated rings. The summed E-state index contributed by atoms with van der Waals surface area (Å²) < 4.78 is 71.5. The summed E-state index contributed by atoms with van der Waals surface area (Å²) in [4.78, 5) is 0. The van der Waals surface area contributed by atoms with Crippen molar-refractivity contribution in [3.8, 4) is 0 Å². The number of halogens is 7. The first-order valence-corrected chi connectivity index (χ1v) is 5.07. The maximum Gasteiger partial charge on any atom is 0.400 e. The molecule has 0 saturated carbocycles. The van der Waals surface area contributed by atoms with Crippen LogP contribution in [0.4, 0.5) is 26.3 Å². The fourth-order valence-electron chi connectivity index (χ4n) is 0.909. The van der Waals surface area contributed by atoms with Crippen molar-refractivity contribution in [1.82, 2.24) is 0 Å². The van der Waals surface area contributed by atoms with Gasteiger partial charge in [-0.25, -0.2) is 0 Å². The Morgan fingerprint density at radius 1 is 0.929 bits per heavy atom. The molecule has 14 heavy (non-hydrogen) atoms. The minimum absolute atomic E-state index is 0.0930. The lowest BCUT2D eigenvalue weighted by atomic mass is 10.0. The predicted octanol–water partition coefficient (Wildman–Crippen LogP) is 4.33. The van der Waals surface area contributed by atoms with E-state index in [1.54, 1.807) is 29.5 Å². The fourth-order valence-corrected chi connectivity index (χ4v) is 1.27. The number of rotatable bonds is 3. The van der Waals surface area contributed by atoms with Crippen molar-refractivity contribution in [2.45, 2.75) is 36.0 Å². The first-order valence-electron chi connectivity index (χ1n) is 3.82. The van der Waals surface area contributed by atoms with Crippen LogP contribution in [0.2, 0.25) is 0 Å². The van der Waals surface area contributed by atoms with E-state index in [0.29, 0.717) is 0 Å². The normalized spacial score (nSPS) is 16.1. The maximum atomic E-state index is 11.9. The van der Waals surface area contributed by atoms with Gasteiger partial charge in [-0.1, -0.05) is 29.5 Å². The second kappa shape index (κ2) is 4.89. The van der Waals surface area contributed by atoms with Gasteiger partial charge in [0.25, 0.3) is 0 Å². The monoisotopic (exact) mass is 334 g/mol. The van der Waals surface area contributed by atoms with Gasteiger partial charge in [-0.05, 0) is 12.8 Å². The van der Waals surface area contributed by atoms with Crippen molar-refractivity contribution in [3.05, 3.63) is 0 Å². The van der Waals surface area contributed by atoms with E-state index in [-0.39, 0.29) is 10.3 Å². The van der Waals surface area contributed by atoms with Crippen LogP contribution < -0.4 is 0 Å². The summed E-state index contributed by atoms with van der Waals surface area (Å²) in [6, 6.07) is 0. The van der Waals surface area contributed by atoms with Crippen molar-refractivity contribution in [2.24, 2.45) is 5.92 Å². The summed E-state index contributed by atoms with van der Waals surface area (Å²) in [7, 11) is 0. The number of hydrogen-bond acceptors (Lipinski definition) is 0. The molecule has 0 aliphatic heterocycles. The van der Waals surface area contributed by atoms with Crippen LogP contribution in [0.15, 0.2) is 0 Å². The molecule has 0 radical (unpaired) electrons. The molecule has 0 spiro atoms. The van der Waals surface area contributed by atoms with Crippen molar-refractivity contribution in [2.75, 3.05) is 0 Å². The lowest BCUT2D eigenvalue weighted by Gasteiger charge is -2.23. The van der Waals surface area contributed by atoms with E-state index in [1.165, 1.54) is 0 Å². The number of hydrogen-bond donors (Lipinski definition) is 0. The summed E-state index contributed by atoms with van der Waals surface area (Å²) in [5.74, 6) is -3.19. The van der Waals surface area contributed by atoms with Crippen LogP contribution in [0, 0.1) is 5.92 Å². The highest BCUT2D eigenvalue weighted by Crippen LogP contribution is 2.42. The summed E-state index contributed by atoms with van der Waals surface area (Å²) in [6.07, 6.45) is -11.4. The molecule has 7 heteroatoms. The molecule has 0 bridgehead atoms. The third-order valence-electron chi connectivity index (χ3n) is 1.64. The maximum absolute atomic E-state index is 11.9. The third-order valence-corrected chi connectivity index (χ3v) is 2.27. The summed E-state index contributed by atoms with van der Waals surface area (Å²) in [6.45, 7) is 1.57. The van der Waals surface area contributed by atoms with Crippen LogP contribution in [-0.2, 0) is 0 Å². The Bertz CT molecular complexity index is 156. The second-order valence-corrected chi connectivity index (χ2v) is 5.12. The van der Waals surface area contributed by atoms with Crippen LogP contribution in [0.3, 0.4) is 0 Å². The van der Waals surface area contributed by atoms with Crippen LogP contribution in [0.5, 0.6) is 0 Å². The minimum atomic E-state index is -5.19. The first-order chi connectivity index (χ1) is 6.05. The average molecular weight is 334 g/mol. The Morgan fingerprint density at radius 3 is 1.50 bits per heavy atom. The Labute approximate surface area is 91.2 Å². The molecule has 0 aromatic rings. The van der Waals surface area contributed by atoms with E-state index in [1.807, 2.05) is 0 Å². The highest BCUT2D eigenvalue weighted by Gasteiger charge is 2.55. The molecule has 1 atom stereocenters. The van der Waals surface area contributed by atoms with Gasteiger partial charge in [-0.3, -0.25) is 0 Å². The van der Waals surface area contributed by atoms with Gasteiger partial charge in [0.15, 0.2) is 5.92 Å². The summed E-state index contributed by atoms with van der Waals surface area (Å²) >= 11 is 1.80. The average Bonchev–Trinajstić information content (AvgIpc) is 1.78. The van der Waals surface area contributed by atoms with Crippen LogP contribution in [0.1, 0.15) is 19.8 Å². The molecule has 0 nitrogen and oxygen atoms in total. The molecule has 0 aliphatic carbocycles. The van der Waals surface area contributed by atoms with E-state index < -0.39 is 24.7 Å².